The molecule has 0 aliphatic rings. The summed E-state index contributed by atoms with van der Waals surface area (Å²) in [5.74, 6) is -0.389. The van der Waals surface area contributed by atoms with Crippen LogP contribution in [0.1, 0.15) is 17.5 Å². The highest BCUT2D eigenvalue weighted by Gasteiger charge is 2.11. The van der Waals surface area contributed by atoms with Crippen LogP contribution >= 0.6 is 11.6 Å². The van der Waals surface area contributed by atoms with E-state index in [2.05, 4.69) is 10.2 Å². The van der Waals surface area contributed by atoms with Gasteiger partial charge in [-0.25, -0.2) is 0 Å². The molecule has 7 nitrogen and oxygen atoms in total. The van der Waals surface area contributed by atoms with Gasteiger partial charge in [-0.1, -0.05) is 41.9 Å². The van der Waals surface area contributed by atoms with Gasteiger partial charge in [-0.3, -0.25) is 20.0 Å². The summed E-state index contributed by atoms with van der Waals surface area (Å²) in [4.78, 5) is 16.4. The van der Waals surface area contributed by atoms with Crippen LogP contribution < -0.4 is 5.32 Å². The summed E-state index contributed by atoms with van der Waals surface area (Å²) in [7, 11) is 0. The molecule has 0 bridgehead atoms. The van der Waals surface area contributed by atoms with Crippen LogP contribution in [0.3, 0.4) is 0 Å². The molecule has 0 atom stereocenters. The minimum atomic E-state index is -0.389. The molecule has 0 saturated carbocycles. The van der Waals surface area contributed by atoms with Crippen molar-refractivity contribution in [2.24, 2.45) is 0 Å². The van der Waals surface area contributed by atoms with E-state index in [9.17, 15) is 4.79 Å². The zero-order valence-electron chi connectivity index (χ0n) is 14.3. The molecule has 0 heterocycles. The molecular weight excluding hydrogens is 360 g/mol. The Morgan fingerprint density at radius 2 is 1.92 bits per heavy atom. The van der Waals surface area contributed by atoms with E-state index in [-0.39, 0.29) is 31.0 Å². The molecule has 3 N–H and O–H groups in total. The monoisotopic (exact) mass is 380 g/mol. The average Bonchev–Trinajstić information content (AvgIpc) is 2.59. The van der Waals surface area contributed by atoms with Crippen LogP contribution in [0.15, 0.2) is 42.5 Å². The number of rotatable bonds is 9. The summed E-state index contributed by atoms with van der Waals surface area (Å²) in [5.41, 5.74) is 3.35. The molecule has 140 valence electrons. The standard InChI is InChI=1S/C18H21ClN2O5/c1-13-6-4-8-15(19)18(13)20-16-9-3-2-7-14(16)12-17(22)25-10-5-11-26-21(23)24/h2-4,6-9,20,23-24H,5,10-12H2,1H3. The number of nitrogens with one attached hydrogen (secondary N) is 1. The first-order chi connectivity index (χ1) is 12.5. The van der Waals surface area contributed by atoms with E-state index in [0.717, 1.165) is 22.5 Å². The van der Waals surface area contributed by atoms with Crippen LogP contribution in [0, 0.1) is 6.92 Å². The molecule has 0 spiro atoms. The molecule has 0 saturated heterocycles. The van der Waals surface area contributed by atoms with Crippen molar-refractivity contribution in [1.29, 1.82) is 0 Å². The van der Waals surface area contributed by atoms with Crippen LogP contribution in [-0.2, 0) is 20.8 Å². The lowest BCUT2D eigenvalue weighted by Crippen LogP contribution is -2.17. The van der Waals surface area contributed by atoms with Gasteiger partial charge >= 0.3 is 5.97 Å². The topological polar surface area (TPSA) is 91.3 Å². The smallest absolute Gasteiger partial charge is 0.310 e. The van der Waals surface area contributed by atoms with Gasteiger partial charge in [-0.05, 0) is 30.2 Å². The number of benzene rings is 2. The second kappa shape index (κ2) is 10.1. The lowest BCUT2D eigenvalue weighted by molar-refractivity contribution is -0.492. The minimum absolute atomic E-state index is 0.0181. The van der Waals surface area contributed by atoms with E-state index in [1.807, 2.05) is 43.3 Å². The Hall–Kier alpha value is -2.16. The van der Waals surface area contributed by atoms with Crippen molar-refractivity contribution >= 4 is 28.9 Å². The first-order valence-electron chi connectivity index (χ1n) is 8.04. The number of halogens is 1. The number of ether oxygens (including phenoxy) is 1. The largest absolute Gasteiger partial charge is 0.465 e. The molecule has 2 aromatic rings. The van der Waals surface area contributed by atoms with E-state index in [4.69, 9.17) is 26.8 Å². The second-order valence-electron chi connectivity index (χ2n) is 5.55. The molecule has 26 heavy (non-hydrogen) atoms. The van der Waals surface area contributed by atoms with Crippen LogP contribution in [-0.4, -0.2) is 35.0 Å². The maximum atomic E-state index is 12.0. The molecule has 2 aromatic carbocycles. The Labute approximate surface area is 156 Å². The van der Waals surface area contributed by atoms with E-state index in [1.165, 1.54) is 0 Å². The van der Waals surface area contributed by atoms with Crippen molar-refractivity contribution in [3.8, 4) is 0 Å². The second-order valence-corrected chi connectivity index (χ2v) is 5.96. The van der Waals surface area contributed by atoms with E-state index >= 15 is 0 Å². The Morgan fingerprint density at radius 1 is 1.15 bits per heavy atom. The van der Waals surface area contributed by atoms with E-state index < -0.39 is 0 Å². The molecule has 8 heteroatoms. The van der Waals surface area contributed by atoms with Crippen LogP contribution in [0.2, 0.25) is 5.02 Å². The first kappa shape index (κ1) is 20.2. The predicted octanol–water partition coefficient (Wildman–Crippen LogP) is 3.88. The molecular formula is C18H21ClN2O5. The highest BCUT2D eigenvalue weighted by Crippen LogP contribution is 2.30. The molecule has 0 amide bonds. The van der Waals surface area contributed by atoms with E-state index in [1.54, 1.807) is 6.07 Å². The molecule has 0 unspecified atom stereocenters. The summed E-state index contributed by atoms with van der Waals surface area (Å²) >= 11 is 6.25. The number of hydrogen-bond donors (Lipinski definition) is 3. The van der Waals surface area contributed by atoms with Gasteiger partial charge in [-0.2, -0.15) is 0 Å². The molecule has 0 radical (unpaired) electrons. The highest BCUT2D eigenvalue weighted by molar-refractivity contribution is 6.33. The number of carbonyl (C=O) groups excluding carboxylic acids is 1. The number of aryl methyl sites for hydroxylation is 1. The number of para-hydroxylation sites is 2. The molecule has 0 aliphatic carbocycles. The zero-order chi connectivity index (χ0) is 18.9. The summed E-state index contributed by atoms with van der Waals surface area (Å²) in [6.07, 6.45) is 0.432. The van der Waals surface area contributed by atoms with Gasteiger partial charge in [0.15, 0.2) is 0 Å². The van der Waals surface area contributed by atoms with Crippen molar-refractivity contribution in [1.82, 2.24) is 5.39 Å². The number of nitrogens with zero attached hydrogens (tertiary/aromatic N) is 1. The summed E-state index contributed by atoms with van der Waals surface area (Å²) in [6.45, 7) is 2.09. The normalized spacial score (nSPS) is 10.8. The maximum Gasteiger partial charge on any atom is 0.310 e. The third-order valence-electron chi connectivity index (χ3n) is 3.59. The Kier molecular flexibility index (Phi) is 7.83. The van der Waals surface area contributed by atoms with Crippen LogP contribution in [0.4, 0.5) is 11.4 Å². The van der Waals surface area contributed by atoms with Gasteiger partial charge in [0.05, 0.1) is 35.7 Å². The third kappa shape index (κ3) is 6.29. The van der Waals surface area contributed by atoms with Crippen molar-refractivity contribution in [3.63, 3.8) is 0 Å². The van der Waals surface area contributed by atoms with Gasteiger partial charge in [0.2, 0.25) is 0 Å². The lowest BCUT2D eigenvalue weighted by Gasteiger charge is -2.15. The molecule has 2 rings (SSSR count). The SMILES string of the molecule is Cc1cccc(Cl)c1Nc1ccccc1CC(=O)OCCCON(O)O. The van der Waals surface area contributed by atoms with Crippen molar-refractivity contribution in [2.45, 2.75) is 19.8 Å². The van der Waals surface area contributed by atoms with Gasteiger partial charge < -0.3 is 10.1 Å². The Bertz CT molecular complexity index is 719. The van der Waals surface area contributed by atoms with Gasteiger partial charge in [0.25, 0.3) is 0 Å². The lowest BCUT2D eigenvalue weighted by atomic mass is 10.1. The molecule has 0 aliphatic heterocycles. The summed E-state index contributed by atoms with van der Waals surface area (Å²) < 4.78 is 5.13. The van der Waals surface area contributed by atoms with Gasteiger partial charge in [0, 0.05) is 12.1 Å². The Balaban J connectivity index is 1.95. The van der Waals surface area contributed by atoms with Crippen molar-refractivity contribution in [2.75, 3.05) is 18.5 Å². The fraction of sp³-hybridized carbons (Fsp3) is 0.278. The minimum Gasteiger partial charge on any atom is -0.465 e. The average molecular weight is 381 g/mol. The fourth-order valence-corrected chi connectivity index (χ4v) is 2.59. The number of hydrogen-bond acceptors (Lipinski definition) is 7. The number of anilines is 2. The Morgan fingerprint density at radius 3 is 2.65 bits per heavy atom. The number of carbonyl (C=O) groups is 1. The van der Waals surface area contributed by atoms with Crippen LogP contribution in [0.5, 0.6) is 0 Å². The maximum absolute atomic E-state index is 12.0. The zero-order valence-corrected chi connectivity index (χ0v) is 15.1. The van der Waals surface area contributed by atoms with Gasteiger partial charge in [0.1, 0.15) is 0 Å². The first-order valence-corrected chi connectivity index (χ1v) is 8.41. The highest BCUT2D eigenvalue weighted by atomic mass is 35.5. The van der Waals surface area contributed by atoms with Crippen molar-refractivity contribution in [3.05, 3.63) is 58.6 Å². The quantitative estimate of drug-likeness (QED) is 0.345. The fourth-order valence-electron chi connectivity index (χ4n) is 2.32. The summed E-state index contributed by atoms with van der Waals surface area (Å²) in [6, 6.07) is 13.1. The van der Waals surface area contributed by atoms with Crippen molar-refractivity contribution < 1.29 is 24.8 Å². The van der Waals surface area contributed by atoms with E-state index in [0.29, 0.717) is 11.4 Å². The van der Waals surface area contributed by atoms with Gasteiger partial charge in [-0.15, -0.1) is 0 Å². The summed E-state index contributed by atoms with van der Waals surface area (Å²) in [5, 5.41) is 20.3. The van der Waals surface area contributed by atoms with Crippen LogP contribution in [0.25, 0.3) is 0 Å². The molecule has 0 fully saturated rings. The third-order valence-corrected chi connectivity index (χ3v) is 3.91. The predicted molar refractivity (Wildman–Crippen MR) is 96.6 cm³/mol. The molecule has 0 aromatic heterocycles. The number of esters is 1.